The Morgan fingerprint density at radius 2 is 1.93 bits per heavy atom. The van der Waals surface area contributed by atoms with Gasteiger partial charge in [-0.3, -0.25) is 9.30 Å². The first-order chi connectivity index (χ1) is 13.8. The van der Waals surface area contributed by atoms with Crippen LogP contribution in [-0.2, 0) is 19.6 Å². The fraction of sp³-hybridized carbons (Fsp3) is 0.429. The summed E-state index contributed by atoms with van der Waals surface area (Å²) in [5.74, 6) is 0.819. The van der Waals surface area contributed by atoms with Gasteiger partial charge in [0.2, 0.25) is 0 Å². The van der Waals surface area contributed by atoms with Crippen molar-refractivity contribution in [2.24, 2.45) is 4.99 Å². The maximum Gasteiger partial charge on any atom is 0.193 e. The Morgan fingerprint density at radius 3 is 2.68 bits per heavy atom. The molecule has 7 heteroatoms. The van der Waals surface area contributed by atoms with Crippen molar-refractivity contribution in [3.63, 3.8) is 0 Å². The van der Waals surface area contributed by atoms with Gasteiger partial charge in [-0.2, -0.15) is 0 Å². The van der Waals surface area contributed by atoms with E-state index in [-0.39, 0.29) is 0 Å². The molecule has 0 spiro atoms. The Bertz CT molecular complexity index is 876. The van der Waals surface area contributed by atoms with Crippen molar-refractivity contribution in [1.82, 2.24) is 24.9 Å². The lowest BCUT2D eigenvalue weighted by Crippen LogP contribution is -2.36. The summed E-state index contributed by atoms with van der Waals surface area (Å²) in [6, 6.07) is 8.87. The van der Waals surface area contributed by atoms with Crippen LogP contribution in [0.3, 0.4) is 0 Å². The van der Waals surface area contributed by atoms with Crippen molar-refractivity contribution < 1.29 is 0 Å². The molecule has 2 aromatic heterocycles. The number of nitrogens with zero attached hydrogens (tertiary/aromatic N) is 4. The smallest absolute Gasteiger partial charge is 0.193 e. The SMILES string of the molecule is CCNC(=NCc1ccc(CN2CCCC2)cc1)NCc1cn2ccsc2n1. The number of rotatable bonds is 7. The summed E-state index contributed by atoms with van der Waals surface area (Å²) >= 11 is 1.65. The lowest BCUT2D eigenvalue weighted by atomic mass is 10.1. The molecule has 0 radical (unpaired) electrons. The van der Waals surface area contributed by atoms with Gasteiger partial charge >= 0.3 is 0 Å². The molecule has 3 aromatic rings. The van der Waals surface area contributed by atoms with E-state index in [0.717, 1.165) is 29.7 Å². The van der Waals surface area contributed by atoms with Gasteiger partial charge in [0, 0.05) is 30.9 Å². The molecule has 28 heavy (non-hydrogen) atoms. The van der Waals surface area contributed by atoms with Crippen molar-refractivity contribution >= 4 is 22.3 Å². The van der Waals surface area contributed by atoms with E-state index in [2.05, 4.69) is 62.3 Å². The highest BCUT2D eigenvalue weighted by Crippen LogP contribution is 2.14. The molecule has 148 valence electrons. The molecule has 2 N–H and O–H groups in total. The molecule has 0 saturated carbocycles. The maximum absolute atomic E-state index is 4.73. The van der Waals surface area contributed by atoms with Crippen LogP contribution < -0.4 is 10.6 Å². The highest BCUT2D eigenvalue weighted by molar-refractivity contribution is 7.15. The van der Waals surface area contributed by atoms with Gasteiger partial charge in [0.05, 0.1) is 18.8 Å². The van der Waals surface area contributed by atoms with Crippen LogP contribution in [0.15, 0.2) is 47.0 Å². The van der Waals surface area contributed by atoms with Gasteiger partial charge in [0.1, 0.15) is 0 Å². The number of fused-ring (bicyclic) bond motifs is 1. The molecule has 1 saturated heterocycles. The van der Waals surface area contributed by atoms with Crippen LogP contribution in [0.4, 0.5) is 0 Å². The topological polar surface area (TPSA) is 57.0 Å². The van der Waals surface area contributed by atoms with Gasteiger partial charge < -0.3 is 10.6 Å². The quantitative estimate of drug-likeness (QED) is 0.475. The normalized spacial score (nSPS) is 15.4. The fourth-order valence-corrected chi connectivity index (χ4v) is 4.22. The van der Waals surface area contributed by atoms with Crippen molar-refractivity contribution in [2.75, 3.05) is 19.6 Å². The number of aliphatic imine (C=N–C) groups is 1. The van der Waals surface area contributed by atoms with Crippen molar-refractivity contribution in [2.45, 2.75) is 39.4 Å². The van der Waals surface area contributed by atoms with E-state index in [1.54, 1.807) is 11.3 Å². The zero-order chi connectivity index (χ0) is 19.2. The lowest BCUT2D eigenvalue weighted by molar-refractivity contribution is 0.331. The molecule has 6 nitrogen and oxygen atoms in total. The molecule has 4 rings (SSSR count). The largest absolute Gasteiger partial charge is 0.357 e. The third-order valence-electron chi connectivity index (χ3n) is 4.97. The van der Waals surface area contributed by atoms with Crippen LogP contribution in [-0.4, -0.2) is 39.9 Å². The minimum absolute atomic E-state index is 0.662. The summed E-state index contributed by atoms with van der Waals surface area (Å²) in [6.45, 7) is 7.77. The third kappa shape index (κ3) is 4.91. The van der Waals surface area contributed by atoms with Crippen LogP contribution in [0, 0.1) is 0 Å². The number of hydrogen-bond donors (Lipinski definition) is 2. The van der Waals surface area contributed by atoms with E-state index in [1.165, 1.54) is 37.1 Å². The summed E-state index contributed by atoms with van der Waals surface area (Å²) in [5.41, 5.74) is 3.63. The van der Waals surface area contributed by atoms with E-state index >= 15 is 0 Å². The molecular weight excluding hydrogens is 368 g/mol. The van der Waals surface area contributed by atoms with Crippen LogP contribution in [0.25, 0.3) is 4.96 Å². The second-order valence-corrected chi connectivity index (χ2v) is 8.05. The number of hydrogen-bond acceptors (Lipinski definition) is 4. The standard InChI is InChI=1S/C21H28N6S/c1-2-22-20(24-14-19-16-27-11-12-28-21(27)25-19)23-13-17-5-7-18(8-6-17)15-26-9-3-4-10-26/h5-8,11-12,16H,2-4,9-10,13-15H2,1H3,(H2,22,23,24). The minimum Gasteiger partial charge on any atom is -0.357 e. The summed E-state index contributed by atoms with van der Waals surface area (Å²) in [4.78, 5) is 12.9. The molecule has 1 aliphatic heterocycles. The highest BCUT2D eigenvalue weighted by Gasteiger charge is 2.11. The minimum atomic E-state index is 0.662. The van der Waals surface area contributed by atoms with E-state index in [9.17, 15) is 0 Å². The molecule has 3 heterocycles. The lowest BCUT2D eigenvalue weighted by Gasteiger charge is -2.14. The zero-order valence-corrected chi connectivity index (χ0v) is 17.2. The van der Waals surface area contributed by atoms with E-state index < -0.39 is 0 Å². The number of likely N-dealkylation sites (tertiary alicyclic amines) is 1. The number of guanidine groups is 1. The van der Waals surface area contributed by atoms with E-state index in [4.69, 9.17) is 4.99 Å². The summed E-state index contributed by atoms with van der Waals surface area (Å²) < 4.78 is 2.05. The number of nitrogens with one attached hydrogen (secondary N) is 2. The Labute approximate surface area is 170 Å². The first-order valence-corrected chi connectivity index (χ1v) is 10.9. The van der Waals surface area contributed by atoms with Crippen molar-refractivity contribution in [3.05, 3.63) is 58.9 Å². The molecule has 0 atom stereocenters. The average molecular weight is 397 g/mol. The van der Waals surface area contributed by atoms with Crippen LogP contribution >= 0.6 is 11.3 Å². The third-order valence-corrected chi connectivity index (χ3v) is 5.74. The molecule has 1 fully saturated rings. The van der Waals surface area contributed by atoms with E-state index in [0.29, 0.717) is 13.1 Å². The van der Waals surface area contributed by atoms with Gasteiger partial charge in [-0.1, -0.05) is 24.3 Å². The molecule has 0 unspecified atom stereocenters. The van der Waals surface area contributed by atoms with E-state index in [1.807, 2.05) is 11.6 Å². The monoisotopic (exact) mass is 396 g/mol. The average Bonchev–Trinajstić information content (AvgIpc) is 3.43. The molecule has 0 bridgehead atoms. The van der Waals surface area contributed by atoms with Crippen LogP contribution in [0.2, 0.25) is 0 Å². The van der Waals surface area contributed by atoms with Crippen molar-refractivity contribution in [3.8, 4) is 0 Å². The van der Waals surface area contributed by atoms with Crippen molar-refractivity contribution in [1.29, 1.82) is 0 Å². The van der Waals surface area contributed by atoms with Crippen LogP contribution in [0.5, 0.6) is 0 Å². The zero-order valence-electron chi connectivity index (χ0n) is 16.4. The summed E-state index contributed by atoms with van der Waals surface area (Å²) in [6.07, 6.45) is 6.76. The number of thiazole rings is 1. The molecule has 0 aliphatic carbocycles. The van der Waals surface area contributed by atoms with Crippen LogP contribution in [0.1, 0.15) is 36.6 Å². The van der Waals surface area contributed by atoms with Gasteiger partial charge in [0.15, 0.2) is 10.9 Å². The Morgan fingerprint density at radius 1 is 1.14 bits per heavy atom. The Kier molecular flexibility index (Phi) is 6.24. The molecule has 0 amide bonds. The highest BCUT2D eigenvalue weighted by atomic mass is 32.1. The summed E-state index contributed by atoms with van der Waals surface area (Å²) in [5, 5.41) is 8.73. The Balaban J connectivity index is 1.32. The molecule has 1 aliphatic rings. The predicted molar refractivity (Wildman–Crippen MR) is 116 cm³/mol. The molecular formula is C21H28N6S. The fourth-order valence-electron chi connectivity index (χ4n) is 3.50. The molecule has 1 aromatic carbocycles. The second-order valence-electron chi connectivity index (χ2n) is 7.17. The number of imidazole rings is 1. The second kappa shape index (κ2) is 9.21. The summed E-state index contributed by atoms with van der Waals surface area (Å²) in [7, 11) is 0. The maximum atomic E-state index is 4.73. The Hall–Kier alpha value is -2.38. The number of aromatic nitrogens is 2. The number of benzene rings is 1. The van der Waals surface area contributed by atoms with Gasteiger partial charge in [-0.25, -0.2) is 9.98 Å². The van der Waals surface area contributed by atoms with Gasteiger partial charge in [-0.05, 0) is 44.0 Å². The van der Waals surface area contributed by atoms with Gasteiger partial charge in [-0.15, -0.1) is 11.3 Å². The first-order valence-electron chi connectivity index (χ1n) is 10.0. The predicted octanol–water partition coefficient (Wildman–Crippen LogP) is 3.25. The van der Waals surface area contributed by atoms with Gasteiger partial charge in [0.25, 0.3) is 0 Å². The first kappa shape index (κ1) is 19.0.